The average Bonchev–Trinajstić information content (AvgIpc) is 3.38. The van der Waals surface area contributed by atoms with E-state index in [1.54, 1.807) is 11.1 Å². The molecule has 0 aliphatic carbocycles. The first kappa shape index (κ1) is 21.8. The van der Waals surface area contributed by atoms with Gasteiger partial charge in [0.1, 0.15) is 17.9 Å². The van der Waals surface area contributed by atoms with Crippen LogP contribution in [0.25, 0.3) is 11.2 Å². The van der Waals surface area contributed by atoms with Crippen LogP contribution in [-0.2, 0) is 12.7 Å². The summed E-state index contributed by atoms with van der Waals surface area (Å²) in [6.07, 6.45) is -0.454. The van der Waals surface area contributed by atoms with Crippen molar-refractivity contribution in [3.05, 3.63) is 36.4 Å². The number of piperidine rings is 1. The van der Waals surface area contributed by atoms with E-state index in [2.05, 4.69) is 20.1 Å². The number of anilines is 2. The smallest absolute Gasteiger partial charge is 0.369 e. The Morgan fingerprint density at radius 1 is 1.00 bits per heavy atom. The zero-order valence-electron chi connectivity index (χ0n) is 17.6. The molecule has 2 aliphatic rings. The summed E-state index contributed by atoms with van der Waals surface area (Å²) in [5, 5.41) is 3.94. The molecule has 5 rings (SSSR count). The Morgan fingerprint density at radius 3 is 2.42 bits per heavy atom. The largest absolute Gasteiger partial charge is 0.435 e. The normalized spacial score (nSPS) is 18.7. The minimum atomic E-state index is -4.50. The third kappa shape index (κ3) is 4.18. The Balaban J connectivity index is 1.29. The molecule has 2 saturated heterocycles. The maximum absolute atomic E-state index is 13.4. The monoisotopic (exact) mass is 467 g/mol. The zero-order valence-corrected chi connectivity index (χ0v) is 17.6. The van der Waals surface area contributed by atoms with E-state index in [-0.39, 0.29) is 11.1 Å². The summed E-state index contributed by atoms with van der Waals surface area (Å²) in [6.45, 7) is 1.87. The Morgan fingerprint density at radius 2 is 1.73 bits per heavy atom. The van der Waals surface area contributed by atoms with Gasteiger partial charge in [-0.1, -0.05) is 0 Å². The molecule has 1 spiro atoms. The van der Waals surface area contributed by atoms with Crippen molar-refractivity contribution in [2.24, 2.45) is 5.41 Å². The van der Waals surface area contributed by atoms with E-state index in [0.717, 1.165) is 23.9 Å². The molecule has 2 fully saturated rings. The van der Waals surface area contributed by atoms with Gasteiger partial charge < -0.3 is 9.80 Å². The lowest BCUT2D eigenvalue weighted by Gasteiger charge is -2.40. The average molecular weight is 467 g/mol. The van der Waals surface area contributed by atoms with Gasteiger partial charge in [-0.25, -0.2) is 28.4 Å². The summed E-state index contributed by atoms with van der Waals surface area (Å²) in [7, 11) is 0. The summed E-state index contributed by atoms with van der Waals surface area (Å²) >= 11 is 0. The standard InChI is InChI=1S/C21H22F5N7/c22-16(23)12-33-19-14(10-29-33)28-11-17(30-19)31-7-3-20(4-8-31)5-9-32(13-20)15-2-1-6-27-18(15)21(24,25)26/h1-2,6,10-11,16H,3-5,7-9,12-13H2. The Kier molecular flexibility index (Phi) is 5.32. The molecule has 12 heteroatoms. The summed E-state index contributed by atoms with van der Waals surface area (Å²) in [5.41, 5.74) is -0.0199. The van der Waals surface area contributed by atoms with Crippen molar-refractivity contribution in [1.82, 2.24) is 24.7 Å². The number of halogens is 5. The van der Waals surface area contributed by atoms with Crippen molar-refractivity contribution < 1.29 is 22.0 Å². The fraction of sp³-hybridized carbons (Fsp3) is 0.524. The Labute approximate surface area is 186 Å². The van der Waals surface area contributed by atoms with Crippen molar-refractivity contribution in [2.75, 3.05) is 36.0 Å². The molecule has 0 N–H and O–H groups in total. The third-order valence-electron chi connectivity index (χ3n) is 6.63. The fourth-order valence-electron chi connectivity index (χ4n) is 4.89. The minimum Gasteiger partial charge on any atom is -0.369 e. The lowest BCUT2D eigenvalue weighted by atomic mass is 9.78. The molecule has 0 bridgehead atoms. The summed E-state index contributed by atoms with van der Waals surface area (Å²) < 4.78 is 67.0. The molecule has 3 aromatic rings. The topological polar surface area (TPSA) is 63.0 Å². The number of hydrogen-bond acceptors (Lipinski definition) is 6. The van der Waals surface area contributed by atoms with Crippen LogP contribution >= 0.6 is 0 Å². The fourth-order valence-corrected chi connectivity index (χ4v) is 4.89. The molecule has 0 saturated carbocycles. The molecule has 2 aliphatic heterocycles. The van der Waals surface area contributed by atoms with Crippen molar-refractivity contribution in [1.29, 1.82) is 0 Å². The minimum absolute atomic E-state index is 0.0792. The van der Waals surface area contributed by atoms with Crippen molar-refractivity contribution in [3.8, 4) is 0 Å². The third-order valence-corrected chi connectivity index (χ3v) is 6.63. The molecule has 3 aromatic heterocycles. The van der Waals surface area contributed by atoms with Crippen LogP contribution in [0.3, 0.4) is 0 Å². The SMILES string of the molecule is FC(F)Cn1ncc2ncc(N3CCC4(CC3)CCN(c3cccnc3C(F)(F)F)C4)nc21. The van der Waals surface area contributed by atoms with Gasteiger partial charge in [0, 0.05) is 32.4 Å². The van der Waals surface area contributed by atoms with Gasteiger partial charge in [-0.05, 0) is 36.8 Å². The summed E-state index contributed by atoms with van der Waals surface area (Å²) in [6, 6.07) is 3.02. The molecular weight excluding hydrogens is 445 g/mol. The van der Waals surface area contributed by atoms with Crippen LogP contribution in [0, 0.1) is 5.41 Å². The van der Waals surface area contributed by atoms with E-state index >= 15 is 0 Å². The zero-order chi connectivity index (χ0) is 23.2. The lowest BCUT2D eigenvalue weighted by molar-refractivity contribution is -0.140. The van der Waals surface area contributed by atoms with E-state index < -0.39 is 24.8 Å². The molecule has 0 aromatic carbocycles. The second kappa shape index (κ2) is 8.07. The van der Waals surface area contributed by atoms with E-state index in [0.29, 0.717) is 43.2 Å². The number of hydrogen-bond donors (Lipinski definition) is 0. The van der Waals surface area contributed by atoms with Gasteiger partial charge in [0.2, 0.25) is 0 Å². The van der Waals surface area contributed by atoms with Crippen molar-refractivity contribution in [2.45, 2.75) is 38.4 Å². The van der Waals surface area contributed by atoms with Crippen LogP contribution in [0.15, 0.2) is 30.7 Å². The van der Waals surface area contributed by atoms with Crippen LogP contribution in [0.4, 0.5) is 33.5 Å². The van der Waals surface area contributed by atoms with Crippen LogP contribution in [0.5, 0.6) is 0 Å². The molecule has 5 heterocycles. The van der Waals surface area contributed by atoms with E-state index in [1.807, 2.05) is 4.90 Å². The molecule has 176 valence electrons. The van der Waals surface area contributed by atoms with E-state index in [1.165, 1.54) is 24.5 Å². The van der Waals surface area contributed by atoms with E-state index in [9.17, 15) is 22.0 Å². The van der Waals surface area contributed by atoms with Gasteiger partial charge in [-0.15, -0.1) is 0 Å². The van der Waals surface area contributed by atoms with Crippen molar-refractivity contribution >= 4 is 22.7 Å². The molecular formula is C21H22F5N7. The van der Waals surface area contributed by atoms with Gasteiger partial charge in [-0.3, -0.25) is 0 Å². The van der Waals surface area contributed by atoms with Gasteiger partial charge >= 0.3 is 6.18 Å². The molecule has 0 unspecified atom stereocenters. The van der Waals surface area contributed by atoms with Gasteiger partial charge in [0.15, 0.2) is 11.3 Å². The highest BCUT2D eigenvalue weighted by atomic mass is 19.4. The van der Waals surface area contributed by atoms with Crippen molar-refractivity contribution in [3.63, 3.8) is 0 Å². The highest BCUT2D eigenvalue weighted by Gasteiger charge is 2.44. The maximum Gasteiger partial charge on any atom is 0.435 e. The van der Waals surface area contributed by atoms with Crippen LogP contribution in [0.1, 0.15) is 25.0 Å². The molecule has 7 nitrogen and oxygen atoms in total. The summed E-state index contributed by atoms with van der Waals surface area (Å²) in [5.74, 6) is 0.592. The van der Waals surface area contributed by atoms with Gasteiger partial charge in [0.05, 0.1) is 18.1 Å². The molecule has 33 heavy (non-hydrogen) atoms. The highest BCUT2D eigenvalue weighted by Crippen LogP contribution is 2.44. The lowest BCUT2D eigenvalue weighted by Crippen LogP contribution is -2.42. The maximum atomic E-state index is 13.4. The summed E-state index contributed by atoms with van der Waals surface area (Å²) in [4.78, 5) is 16.2. The molecule has 0 amide bonds. The number of pyridine rings is 1. The second-order valence-corrected chi connectivity index (χ2v) is 8.68. The van der Waals surface area contributed by atoms with Gasteiger partial charge in [-0.2, -0.15) is 18.3 Å². The number of alkyl halides is 5. The van der Waals surface area contributed by atoms with E-state index in [4.69, 9.17) is 0 Å². The number of aromatic nitrogens is 5. The number of nitrogens with zero attached hydrogens (tertiary/aromatic N) is 7. The second-order valence-electron chi connectivity index (χ2n) is 8.68. The molecule has 0 radical (unpaired) electrons. The van der Waals surface area contributed by atoms with Gasteiger partial charge in [0.25, 0.3) is 6.43 Å². The first-order valence-corrected chi connectivity index (χ1v) is 10.7. The quantitative estimate of drug-likeness (QED) is 0.541. The van der Waals surface area contributed by atoms with Crippen LogP contribution in [-0.4, -0.2) is 57.3 Å². The number of rotatable bonds is 4. The first-order valence-electron chi connectivity index (χ1n) is 10.7. The first-order chi connectivity index (χ1) is 15.7. The van der Waals surface area contributed by atoms with Crippen LogP contribution < -0.4 is 9.80 Å². The Bertz CT molecular complexity index is 1140. The molecule has 0 atom stereocenters. The number of fused-ring (bicyclic) bond motifs is 1. The predicted molar refractivity (Wildman–Crippen MR) is 111 cm³/mol. The predicted octanol–water partition coefficient (Wildman–Crippen LogP) is 4.00. The highest BCUT2D eigenvalue weighted by molar-refractivity contribution is 5.71. The van der Waals surface area contributed by atoms with Crippen LogP contribution in [0.2, 0.25) is 0 Å². The Hall–Kier alpha value is -3.05.